The number of nitrogens with zero attached hydrogens (tertiary/aromatic N) is 2. The van der Waals surface area contributed by atoms with Gasteiger partial charge in [-0.15, -0.1) is 11.3 Å². The van der Waals surface area contributed by atoms with Crippen molar-refractivity contribution in [2.45, 2.75) is 36.1 Å². The van der Waals surface area contributed by atoms with E-state index in [2.05, 4.69) is 15.3 Å². The summed E-state index contributed by atoms with van der Waals surface area (Å²) < 4.78 is 29.8. The lowest BCUT2D eigenvalue weighted by Crippen LogP contribution is -2.14. The molecule has 4 rings (SSSR count). The highest BCUT2D eigenvalue weighted by atomic mass is 32.2. The van der Waals surface area contributed by atoms with Gasteiger partial charge < -0.3 is 9.73 Å². The quantitative estimate of drug-likeness (QED) is 0.354. The van der Waals surface area contributed by atoms with Crippen LogP contribution in [0.3, 0.4) is 0 Å². The van der Waals surface area contributed by atoms with Crippen molar-refractivity contribution in [3.05, 3.63) is 64.1 Å². The average molecular weight is 488 g/mol. The Balaban J connectivity index is 1.36. The molecule has 0 aliphatic carbocycles. The molecule has 0 bridgehead atoms. The number of sulfone groups is 1. The van der Waals surface area contributed by atoms with Crippen molar-refractivity contribution in [3.8, 4) is 0 Å². The zero-order valence-electron chi connectivity index (χ0n) is 17.5. The van der Waals surface area contributed by atoms with Crippen molar-refractivity contribution >= 4 is 55.6 Å². The number of thioether (sulfide) groups is 1. The fraction of sp³-hybridized carbons (Fsp3) is 0.227. The van der Waals surface area contributed by atoms with Crippen LogP contribution in [0.15, 0.2) is 62.4 Å². The van der Waals surface area contributed by atoms with Gasteiger partial charge in [-0.25, -0.2) is 18.4 Å². The molecule has 2 aromatic heterocycles. The smallest absolute Gasteiger partial charge is 0.257 e. The first kappa shape index (κ1) is 22.5. The van der Waals surface area contributed by atoms with E-state index in [0.29, 0.717) is 22.1 Å². The molecule has 2 aromatic carbocycles. The van der Waals surface area contributed by atoms with Crippen LogP contribution in [0.4, 0.5) is 5.69 Å². The molecule has 0 unspecified atom stereocenters. The van der Waals surface area contributed by atoms with Gasteiger partial charge in [0.15, 0.2) is 15.4 Å². The summed E-state index contributed by atoms with van der Waals surface area (Å²) in [6.07, 6.45) is 0.209. The highest BCUT2D eigenvalue weighted by molar-refractivity contribution is 7.98. The predicted molar refractivity (Wildman–Crippen MR) is 127 cm³/mol. The molecule has 0 saturated heterocycles. The number of oxazole rings is 1. The van der Waals surface area contributed by atoms with Gasteiger partial charge in [-0.05, 0) is 37.3 Å². The maximum atomic E-state index is 12.3. The number of aromatic nitrogens is 2. The number of fused-ring (bicyclic) bond motifs is 1. The second-order valence-corrected chi connectivity index (χ2v) is 11.3. The zero-order valence-corrected chi connectivity index (χ0v) is 19.9. The number of anilines is 1. The number of thiazole rings is 1. The van der Waals surface area contributed by atoms with Gasteiger partial charge >= 0.3 is 0 Å². The molecule has 0 aliphatic rings. The van der Waals surface area contributed by atoms with Crippen molar-refractivity contribution in [1.82, 2.24) is 9.97 Å². The monoisotopic (exact) mass is 487 g/mol. The summed E-state index contributed by atoms with van der Waals surface area (Å²) in [4.78, 5) is 21.4. The van der Waals surface area contributed by atoms with Gasteiger partial charge in [0.25, 0.3) is 5.22 Å². The molecule has 166 valence electrons. The summed E-state index contributed by atoms with van der Waals surface area (Å²) in [5.74, 6) is 0.454. The summed E-state index contributed by atoms with van der Waals surface area (Å²) in [5, 5.41) is 5.96. The molecular formula is C22H21N3O4S3. The lowest BCUT2D eigenvalue weighted by Gasteiger charge is -2.04. The van der Waals surface area contributed by atoms with Gasteiger partial charge in [-0.2, -0.15) is 0 Å². The van der Waals surface area contributed by atoms with Gasteiger partial charge in [0.1, 0.15) is 10.5 Å². The van der Waals surface area contributed by atoms with E-state index < -0.39 is 9.84 Å². The van der Waals surface area contributed by atoms with Crippen molar-refractivity contribution in [2.75, 3.05) is 11.1 Å². The molecule has 2 heterocycles. The van der Waals surface area contributed by atoms with E-state index in [1.807, 2.05) is 36.6 Å². The first-order chi connectivity index (χ1) is 15.3. The molecule has 7 nitrogen and oxygen atoms in total. The summed E-state index contributed by atoms with van der Waals surface area (Å²) >= 11 is 2.81. The van der Waals surface area contributed by atoms with Gasteiger partial charge in [0.2, 0.25) is 5.91 Å². The van der Waals surface area contributed by atoms with Crippen LogP contribution in [0, 0.1) is 6.92 Å². The minimum atomic E-state index is -3.29. The molecular weight excluding hydrogens is 466 g/mol. The van der Waals surface area contributed by atoms with Crippen molar-refractivity contribution < 1.29 is 17.6 Å². The highest BCUT2D eigenvalue weighted by Gasteiger charge is 2.15. The van der Waals surface area contributed by atoms with Crippen LogP contribution in [0.5, 0.6) is 0 Å². The number of aryl methyl sites for hydroxylation is 1. The fourth-order valence-electron chi connectivity index (χ4n) is 2.92. The molecule has 10 heteroatoms. The standard InChI is InChI=1S/C22H21N3O4S3/c1-3-32(27,28)17-8-9-19-18(10-17)25-22(29-19)31-13-16-12-30-21(24-16)11-20(26)23-15-6-4-14(2)5-7-15/h4-10,12H,3,11,13H2,1-2H3,(H,23,26). The lowest BCUT2D eigenvalue weighted by atomic mass is 10.2. The SMILES string of the molecule is CCS(=O)(=O)c1ccc2oc(SCc3csc(CC(=O)Nc4ccc(C)cc4)n3)nc2c1. The summed E-state index contributed by atoms with van der Waals surface area (Å²) in [7, 11) is -3.29. The van der Waals surface area contributed by atoms with Gasteiger partial charge in [0.05, 0.1) is 22.8 Å². The molecule has 0 aliphatic heterocycles. The number of amides is 1. The Labute approximate surface area is 194 Å². The fourth-order valence-corrected chi connectivity index (χ4v) is 5.45. The molecule has 0 saturated carbocycles. The highest BCUT2D eigenvalue weighted by Crippen LogP contribution is 2.28. The number of nitrogens with one attached hydrogen (secondary N) is 1. The zero-order chi connectivity index (χ0) is 22.7. The third-order valence-corrected chi connectivity index (χ3v) is 8.16. The number of benzene rings is 2. The van der Waals surface area contributed by atoms with E-state index in [9.17, 15) is 13.2 Å². The maximum absolute atomic E-state index is 12.3. The third-order valence-electron chi connectivity index (χ3n) is 4.67. The van der Waals surface area contributed by atoms with Crippen LogP contribution in [0.25, 0.3) is 11.1 Å². The molecule has 0 atom stereocenters. The van der Waals surface area contributed by atoms with Crippen LogP contribution in [-0.2, 0) is 26.8 Å². The number of carbonyl (C=O) groups excluding carboxylic acids is 1. The van der Waals surface area contributed by atoms with E-state index >= 15 is 0 Å². The van der Waals surface area contributed by atoms with Gasteiger partial charge in [0, 0.05) is 16.8 Å². The molecule has 0 radical (unpaired) electrons. The van der Waals surface area contributed by atoms with E-state index in [1.54, 1.807) is 13.0 Å². The Morgan fingerprint density at radius 3 is 2.69 bits per heavy atom. The molecule has 1 N–H and O–H groups in total. The molecule has 0 spiro atoms. The largest absolute Gasteiger partial charge is 0.431 e. The van der Waals surface area contributed by atoms with E-state index in [4.69, 9.17) is 4.42 Å². The summed E-state index contributed by atoms with van der Waals surface area (Å²) in [5.41, 5.74) is 3.77. The second kappa shape index (κ2) is 9.43. The van der Waals surface area contributed by atoms with Crippen LogP contribution in [-0.4, -0.2) is 30.0 Å². The molecule has 0 fully saturated rings. The lowest BCUT2D eigenvalue weighted by molar-refractivity contribution is -0.115. The number of rotatable bonds is 8. The normalized spacial score (nSPS) is 11.7. The van der Waals surface area contributed by atoms with Gasteiger partial charge in [-0.1, -0.05) is 36.4 Å². The van der Waals surface area contributed by atoms with Crippen LogP contribution >= 0.6 is 23.1 Å². The van der Waals surface area contributed by atoms with Crippen molar-refractivity contribution in [2.24, 2.45) is 0 Å². The topological polar surface area (TPSA) is 102 Å². The van der Waals surface area contributed by atoms with Gasteiger partial charge in [-0.3, -0.25) is 4.79 Å². The van der Waals surface area contributed by atoms with Crippen LogP contribution in [0.1, 0.15) is 23.2 Å². The Morgan fingerprint density at radius 1 is 1.16 bits per heavy atom. The molecule has 4 aromatic rings. The van der Waals surface area contributed by atoms with Crippen LogP contribution in [0.2, 0.25) is 0 Å². The second-order valence-electron chi connectivity index (χ2n) is 7.12. The maximum Gasteiger partial charge on any atom is 0.257 e. The van der Waals surface area contributed by atoms with E-state index in [0.717, 1.165) is 22.0 Å². The predicted octanol–water partition coefficient (Wildman–Crippen LogP) is 4.86. The molecule has 32 heavy (non-hydrogen) atoms. The summed E-state index contributed by atoms with van der Waals surface area (Å²) in [6.45, 7) is 3.60. The number of hydrogen-bond acceptors (Lipinski definition) is 8. The Morgan fingerprint density at radius 2 is 1.94 bits per heavy atom. The Bertz CT molecular complexity index is 1360. The van der Waals surface area contributed by atoms with Crippen LogP contribution < -0.4 is 5.32 Å². The number of hydrogen-bond donors (Lipinski definition) is 1. The molecule has 1 amide bonds. The first-order valence-corrected chi connectivity index (χ1v) is 13.4. The van der Waals surface area contributed by atoms with E-state index in [1.165, 1.54) is 35.2 Å². The third kappa shape index (κ3) is 5.37. The van der Waals surface area contributed by atoms with Crippen molar-refractivity contribution in [1.29, 1.82) is 0 Å². The van der Waals surface area contributed by atoms with Crippen molar-refractivity contribution in [3.63, 3.8) is 0 Å². The van der Waals surface area contributed by atoms with E-state index in [-0.39, 0.29) is 23.0 Å². The Hall–Kier alpha value is -2.69. The minimum Gasteiger partial charge on any atom is -0.431 e. The number of carbonyl (C=O) groups is 1. The first-order valence-electron chi connectivity index (χ1n) is 9.88. The minimum absolute atomic E-state index is 0.0349. The summed E-state index contributed by atoms with van der Waals surface area (Å²) in [6, 6.07) is 12.3. The Kier molecular flexibility index (Phi) is 6.63. The average Bonchev–Trinajstić information content (AvgIpc) is 3.39.